The van der Waals surface area contributed by atoms with Gasteiger partial charge in [-0.25, -0.2) is 4.39 Å². The highest BCUT2D eigenvalue weighted by Crippen LogP contribution is 2.21. The van der Waals surface area contributed by atoms with Crippen LogP contribution in [-0.4, -0.2) is 34.9 Å². The van der Waals surface area contributed by atoms with E-state index in [0.29, 0.717) is 19.0 Å². The first kappa shape index (κ1) is 18.5. The number of nitrogens with zero attached hydrogens (tertiary/aromatic N) is 2. The van der Waals surface area contributed by atoms with Gasteiger partial charge in [0.2, 0.25) is 5.91 Å². The van der Waals surface area contributed by atoms with Gasteiger partial charge in [-0.1, -0.05) is 24.6 Å². The molecule has 0 saturated carbocycles. The number of anilines is 1. The number of halogens is 1. The minimum Gasteiger partial charge on any atom is -0.324 e. The second-order valence-electron chi connectivity index (χ2n) is 6.82. The molecular weight excluding hydrogens is 329 g/mol. The third kappa shape index (κ3) is 5.36. The maximum atomic E-state index is 13.6. The van der Waals surface area contributed by atoms with E-state index in [9.17, 15) is 9.18 Å². The summed E-state index contributed by atoms with van der Waals surface area (Å²) in [5, 5.41) is 2.67. The smallest absolute Gasteiger partial charge is 0.225 e. The molecule has 1 saturated heterocycles. The molecule has 2 heterocycles. The van der Waals surface area contributed by atoms with E-state index in [4.69, 9.17) is 0 Å². The van der Waals surface area contributed by atoms with Gasteiger partial charge in [0.25, 0.3) is 0 Å². The number of piperidine rings is 1. The van der Waals surface area contributed by atoms with Gasteiger partial charge in [-0.15, -0.1) is 0 Å². The molecule has 5 heteroatoms. The zero-order valence-electron chi connectivity index (χ0n) is 15.0. The van der Waals surface area contributed by atoms with Crippen molar-refractivity contribution in [2.24, 2.45) is 0 Å². The highest BCUT2D eigenvalue weighted by molar-refractivity contribution is 5.90. The van der Waals surface area contributed by atoms with Crippen molar-refractivity contribution in [3.05, 3.63) is 60.2 Å². The summed E-state index contributed by atoms with van der Waals surface area (Å²) in [7, 11) is 0. The Morgan fingerprint density at radius 3 is 2.85 bits per heavy atom. The molecule has 1 aromatic heterocycles. The normalized spacial score (nSPS) is 17.8. The van der Waals surface area contributed by atoms with Gasteiger partial charge in [-0.05, 0) is 56.5 Å². The third-order valence-electron chi connectivity index (χ3n) is 4.98. The maximum absolute atomic E-state index is 13.6. The zero-order chi connectivity index (χ0) is 18.2. The van der Waals surface area contributed by atoms with Crippen molar-refractivity contribution in [3.8, 4) is 0 Å². The molecule has 1 unspecified atom stereocenters. The lowest BCUT2D eigenvalue weighted by Crippen LogP contribution is -2.41. The van der Waals surface area contributed by atoms with Crippen molar-refractivity contribution in [2.45, 2.75) is 44.6 Å². The average Bonchev–Trinajstić information content (AvgIpc) is 2.68. The second kappa shape index (κ2) is 9.43. The highest BCUT2D eigenvalue weighted by atomic mass is 19.1. The molecule has 2 aromatic rings. The number of carbonyl (C=O) groups excluding carboxylic acids is 1. The van der Waals surface area contributed by atoms with E-state index in [-0.39, 0.29) is 11.6 Å². The number of aryl methyl sites for hydroxylation is 1. The van der Waals surface area contributed by atoms with Crippen LogP contribution in [0.2, 0.25) is 0 Å². The first-order chi connectivity index (χ1) is 12.7. The maximum Gasteiger partial charge on any atom is 0.225 e. The van der Waals surface area contributed by atoms with Crippen LogP contribution < -0.4 is 5.32 Å². The van der Waals surface area contributed by atoms with Crippen LogP contribution in [0.4, 0.5) is 10.1 Å². The highest BCUT2D eigenvalue weighted by Gasteiger charge is 2.22. The van der Waals surface area contributed by atoms with Crippen molar-refractivity contribution < 1.29 is 9.18 Å². The van der Waals surface area contributed by atoms with Crippen molar-refractivity contribution >= 4 is 11.6 Å². The topological polar surface area (TPSA) is 45.2 Å². The van der Waals surface area contributed by atoms with Gasteiger partial charge in [-0.3, -0.25) is 14.7 Å². The molecule has 0 spiro atoms. The van der Waals surface area contributed by atoms with Gasteiger partial charge in [0.05, 0.1) is 5.69 Å². The standard InChI is InChI=1S/C21H26FN3O/c22-19-9-1-2-10-20(19)24-21(26)13-16-25-15-6-4-8-18(25)12-11-17-7-3-5-14-23-17/h1-3,5,7,9-10,14,18H,4,6,8,11-13,15-16H2,(H,24,26). The number of pyridine rings is 1. The number of nitrogens with one attached hydrogen (secondary N) is 1. The summed E-state index contributed by atoms with van der Waals surface area (Å²) >= 11 is 0. The molecule has 1 N–H and O–H groups in total. The fraction of sp³-hybridized carbons (Fsp3) is 0.429. The van der Waals surface area contributed by atoms with Crippen LogP contribution in [0.1, 0.15) is 37.8 Å². The van der Waals surface area contributed by atoms with Crippen LogP contribution in [-0.2, 0) is 11.2 Å². The summed E-state index contributed by atoms with van der Waals surface area (Å²) in [5.41, 5.74) is 1.37. The van der Waals surface area contributed by atoms with E-state index >= 15 is 0 Å². The lowest BCUT2D eigenvalue weighted by atomic mass is 9.97. The summed E-state index contributed by atoms with van der Waals surface area (Å²) in [4.78, 5) is 19.0. The van der Waals surface area contributed by atoms with Gasteiger partial charge in [-0.2, -0.15) is 0 Å². The molecule has 138 valence electrons. The molecule has 1 atom stereocenters. The number of hydrogen-bond acceptors (Lipinski definition) is 3. The Labute approximate surface area is 154 Å². The van der Waals surface area contributed by atoms with Crippen molar-refractivity contribution in [1.82, 2.24) is 9.88 Å². The van der Waals surface area contributed by atoms with Crippen molar-refractivity contribution in [3.63, 3.8) is 0 Å². The molecule has 0 aliphatic carbocycles. The molecule has 0 radical (unpaired) electrons. The molecule has 1 aliphatic heterocycles. The Kier molecular flexibility index (Phi) is 6.72. The van der Waals surface area contributed by atoms with Crippen LogP contribution in [0.25, 0.3) is 0 Å². The SMILES string of the molecule is O=C(CCN1CCCCC1CCc1ccccn1)Nc1ccccc1F. The minimum atomic E-state index is -0.396. The number of benzene rings is 1. The van der Waals surface area contributed by atoms with Crippen LogP contribution in [0, 0.1) is 5.82 Å². The van der Waals surface area contributed by atoms with Gasteiger partial charge in [0.15, 0.2) is 0 Å². The molecule has 1 aromatic carbocycles. The van der Waals surface area contributed by atoms with Gasteiger partial charge in [0.1, 0.15) is 5.82 Å². The number of para-hydroxylation sites is 1. The van der Waals surface area contributed by atoms with E-state index in [1.54, 1.807) is 18.2 Å². The lowest BCUT2D eigenvalue weighted by molar-refractivity contribution is -0.116. The van der Waals surface area contributed by atoms with E-state index in [1.807, 2.05) is 18.3 Å². The number of amides is 1. The molecule has 1 aliphatic rings. The van der Waals surface area contributed by atoms with E-state index < -0.39 is 5.82 Å². The Bertz CT molecular complexity index is 707. The van der Waals surface area contributed by atoms with Crippen LogP contribution in [0.5, 0.6) is 0 Å². The average molecular weight is 355 g/mol. The van der Waals surface area contributed by atoms with E-state index in [1.165, 1.54) is 25.3 Å². The van der Waals surface area contributed by atoms with Crippen LogP contribution >= 0.6 is 0 Å². The quantitative estimate of drug-likeness (QED) is 0.815. The van der Waals surface area contributed by atoms with Gasteiger partial charge in [0, 0.05) is 30.9 Å². The minimum absolute atomic E-state index is 0.135. The predicted octanol–water partition coefficient (Wildman–Crippen LogP) is 4.04. The number of rotatable bonds is 7. The fourth-order valence-corrected chi connectivity index (χ4v) is 3.56. The molecule has 3 rings (SSSR count). The largest absolute Gasteiger partial charge is 0.324 e. The van der Waals surface area contributed by atoms with E-state index in [2.05, 4.69) is 21.3 Å². The number of aromatic nitrogens is 1. The summed E-state index contributed by atoms with van der Waals surface area (Å²) in [6.07, 6.45) is 7.83. The Balaban J connectivity index is 1.48. The molecule has 0 bridgehead atoms. The molecule has 4 nitrogen and oxygen atoms in total. The Hall–Kier alpha value is -2.27. The summed E-state index contributed by atoms with van der Waals surface area (Å²) < 4.78 is 13.6. The zero-order valence-corrected chi connectivity index (χ0v) is 15.0. The van der Waals surface area contributed by atoms with Crippen molar-refractivity contribution in [1.29, 1.82) is 0 Å². The first-order valence-corrected chi connectivity index (χ1v) is 9.41. The monoisotopic (exact) mass is 355 g/mol. The first-order valence-electron chi connectivity index (χ1n) is 9.41. The summed E-state index contributed by atoms with van der Waals surface area (Å²) in [5.74, 6) is -0.531. The Morgan fingerprint density at radius 1 is 1.19 bits per heavy atom. The number of hydrogen-bond donors (Lipinski definition) is 1. The second-order valence-corrected chi connectivity index (χ2v) is 6.82. The van der Waals surface area contributed by atoms with Gasteiger partial charge >= 0.3 is 0 Å². The van der Waals surface area contributed by atoms with Crippen LogP contribution in [0.3, 0.4) is 0 Å². The fourth-order valence-electron chi connectivity index (χ4n) is 3.56. The summed E-state index contributed by atoms with van der Waals surface area (Å²) in [6, 6.07) is 12.8. The molecule has 26 heavy (non-hydrogen) atoms. The van der Waals surface area contributed by atoms with E-state index in [0.717, 1.165) is 25.1 Å². The molecule has 1 fully saturated rings. The van der Waals surface area contributed by atoms with Crippen LogP contribution in [0.15, 0.2) is 48.7 Å². The molecule has 1 amide bonds. The van der Waals surface area contributed by atoms with Gasteiger partial charge < -0.3 is 5.32 Å². The van der Waals surface area contributed by atoms with Crippen molar-refractivity contribution in [2.75, 3.05) is 18.4 Å². The predicted molar refractivity (Wildman–Crippen MR) is 101 cm³/mol. The Morgan fingerprint density at radius 2 is 2.04 bits per heavy atom. The summed E-state index contributed by atoms with van der Waals surface area (Å²) in [6.45, 7) is 1.74. The molecular formula is C21H26FN3O. The number of carbonyl (C=O) groups is 1. The third-order valence-corrected chi connectivity index (χ3v) is 4.98. The number of likely N-dealkylation sites (tertiary alicyclic amines) is 1. The lowest BCUT2D eigenvalue weighted by Gasteiger charge is -2.35.